The van der Waals surface area contributed by atoms with Gasteiger partial charge in [0.25, 0.3) is 0 Å². The zero-order valence-corrected chi connectivity index (χ0v) is 9.50. The highest BCUT2D eigenvalue weighted by Gasteiger charge is 1.98. The lowest BCUT2D eigenvalue weighted by atomic mass is 10.2. The van der Waals surface area contributed by atoms with E-state index in [-0.39, 0.29) is 5.91 Å². The molecule has 1 heterocycles. The molecule has 1 aromatic heterocycles. The van der Waals surface area contributed by atoms with Crippen LogP contribution in [0.2, 0.25) is 0 Å². The Hall–Kier alpha value is -2.02. The van der Waals surface area contributed by atoms with Crippen LogP contribution >= 0.6 is 0 Å². The smallest absolute Gasteiger partial charge is 0.216 e. The summed E-state index contributed by atoms with van der Waals surface area (Å²) in [6.07, 6.45) is 2.28. The largest absolute Gasteiger partial charge is 0.396 e. The number of carbonyl (C=O) groups excluding carboxylic acids is 1. The molecule has 4 heteroatoms. The van der Waals surface area contributed by atoms with E-state index >= 15 is 0 Å². The monoisotopic (exact) mass is 217 g/mol. The zero-order valence-electron chi connectivity index (χ0n) is 9.50. The Morgan fingerprint density at radius 2 is 2.38 bits per heavy atom. The van der Waals surface area contributed by atoms with E-state index in [2.05, 4.69) is 22.1 Å². The van der Waals surface area contributed by atoms with Crippen LogP contribution in [-0.4, -0.2) is 17.4 Å². The maximum absolute atomic E-state index is 10.6. The lowest BCUT2D eigenvalue weighted by Gasteiger charge is -2.00. The molecule has 0 aliphatic carbocycles. The van der Waals surface area contributed by atoms with Crippen LogP contribution in [0.25, 0.3) is 0 Å². The number of rotatable bonds is 2. The SMILES string of the molecule is CC(=O)NCCC#Cc1nccc(C)c1N. The second kappa shape index (κ2) is 5.76. The van der Waals surface area contributed by atoms with Gasteiger partial charge in [-0.05, 0) is 24.5 Å². The molecule has 0 saturated heterocycles. The van der Waals surface area contributed by atoms with Crippen LogP contribution in [0.3, 0.4) is 0 Å². The van der Waals surface area contributed by atoms with Crippen molar-refractivity contribution in [2.45, 2.75) is 20.3 Å². The molecule has 1 aromatic rings. The molecule has 0 aliphatic heterocycles. The van der Waals surface area contributed by atoms with Gasteiger partial charge in [0.1, 0.15) is 5.69 Å². The fraction of sp³-hybridized carbons (Fsp3) is 0.333. The summed E-state index contributed by atoms with van der Waals surface area (Å²) in [4.78, 5) is 14.7. The van der Waals surface area contributed by atoms with E-state index in [0.29, 0.717) is 24.3 Å². The molecule has 0 atom stereocenters. The number of nitrogens with zero attached hydrogens (tertiary/aromatic N) is 1. The summed E-state index contributed by atoms with van der Waals surface area (Å²) in [5.41, 5.74) is 8.00. The number of aromatic nitrogens is 1. The van der Waals surface area contributed by atoms with Crippen LogP contribution in [0.5, 0.6) is 0 Å². The standard InChI is InChI=1S/C12H15N3O/c1-9-6-8-15-11(12(9)13)5-3-4-7-14-10(2)16/h6,8H,4,7,13H2,1-2H3,(H,14,16). The summed E-state index contributed by atoms with van der Waals surface area (Å²) in [5, 5.41) is 2.66. The van der Waals surface area contributed by atoms with Gasteiger partial charge >= 0.3 is 0 Å². The molecule has 0 fully saturated rings. The average molecular weight is 217 g/mol. The van der Waals surface area contributed by atoms with Gasteiger partial charge < -0.3 is 11.1 Å². The number of pyridine rings is 1. The van der Waals surface area contributed by atoms with Gasteiger partial charge in [0.05, 0.1) is 5.69 Å². The minimum atomic E-state index is -0.0463. The highest BCUT2D eigenvalue weighted by Crippen LogP contribution is 2.11. The number of hydrogen-bond donors (Lipinski definition) is 2. The Kier molecular flexibility index (Phi) is 4.34. The van der Waals surface area contributed by atoms with Gasteiger partial charge in [0, 0.05) is 26.1 Å². The second-order valence-corrected chi connectivity index (χ2v) is 3.42. The van der Waals surface area contributed by atoms with Crippen molar-refractivity contribution >= 4 is 11.6 Å². The third-order valence-corrected chi connectivity index (χ3v) is 2.04. The van der Waals surface area contributed by atoms with Crippen molar-refractivity contribution in [3.63, 3.8) is 0 Å². The second-order valence-electron chi connectivity index (χ2n) is 3.42. The molecule has 0 bridgehead atoms. The number of carbonyl (C=O) groups is 1. The van der Waals surface area contributed by atoms with Crippen LogP contribution in [0.15, 0.2) is 12.3 Å². The van der Waals surface area contributed by atoms with Gasteiger partial charge in [-0.3, -0.25) is 4.79 Å². The van der Waals surface area contributed by atoms with E-state index < -0.39 is 0 Å². The Labute approximate surface area is 95.3 Å². The quantitative estimate of drug-likeness (QED) is 0.570. The van der Waals surface area contributed by atoms with Crippen LogP contribution in [-0.2, 0) is 4.79 Å². The first-order valence-electron chi connectivity index (χ1n) is 5.05. The van der Waals surface area contributed by atoms with Crippen LogP contribution in [0.1, 0.15) is 24.6 Å². The van der Waals surface area contributed by atoms with Crippen molar-refractivity contribution < 1.29 is 4.79 Å². The maximum atomic E-state index is 10.6. The van der Waals surface area contributed by atoms with E-state index in [1.807, 2.05) is 13.0 Å². The molecule has 0 radical (unpaired) electrons. The van der Waals surface area contributed by atoms with Gasteiger partial charge in [-0.2, -0.15) is 0 Å². The zero-order chi connectivity index (χ0) is 12.0. The number of aryl methyl sites for hydroxylation is 1. The number of nitrogen functional groups attached to an aromatic ring is 1. The molecule has 0 aromatic carbocycles. The van der Waals surface area contributed by atoms with E-state index in [4.69, 9.17) is 5.73 Å². The Bertz CT molecular complexity index is 443. The van der Waals surface area contributed by atoms with Crippen LogP contribution in [0.4, 0.5) is 5.69 Å². The maximum Gasteiger partial charge on any atom is 0.216 e. The summed E-state index contributed by atoms with van der Waals surface area (Å²) in [6, 6.07) is 1.85. The molecular formula is C12H15N3O. The molecule has 0 aliphatic rings. The first-order valence-corrected chi connectivity index (χ1v) is 5.05. The normalized spacial score (nSPS) is 9.12. The molecule has 0 unspecified atom stereocenters. The fourth-order valence-corrected chi connectivity index (χ4v) is 1.12. The van der Waals surface area contributed by atoms with Crippen LogP contribution in [0, 0.1) is 18.8 Å². The van der Waals surface area contributed by atoms with E-state index in [1.54, 1.807) is 6.20 Å². The van der Waals surface area contributed by atoms with Crippen molar-refractivity contribution in [3.05, 3.63) is 23.5 Å². The van der Waals surface area contributed by atoms with Gasteiger partial charge in [0.15, 0.2) is 0 Å². The van der Waals surface area contributed by atoms with E-state index in [0.717, 1.165) is 5.56 Å². The molecule has 0 saturated carbocycles. The highest BCUT2D eigenvalue weighted by atomic mass is 16.1. The molecule has 0 spiro atoms. The summed E-state index contributed by atoms with van der Waals surface area (Å²) in [7, 11) is 0. The third kappa shape index (κ3) is 3.62. The van der Waals surface area contributed by atoms with Gasteiger partial charge in [0.2, 0.25) is 5.91 Å². The first-order chi connectivity index (χ1) is 7.61. The van der Waals surface area contributed by atoms with Crippen molar-refractivity contribution in [2.75, 3.05) is 12.3 Å². The third-order valence-electron chi connectivity index (χ3n) is 2.04. The molecule has 4 nitrogen and oxygen atoms in total. The van der Waals surface area contributed by atoms with Crippen molar-refractivity contribution in [1.29, 1.82) is 0 Å². The molecule has 3 N–H and O–H groups in total. The summed E-state index contributed by atoms with van der Waals surface area (Å²) in [6.45, 7) is 3.95. The van der Waals surface area contributed by atoms with Crippen LogP contribution < -0.4 is 11.1 Å². The fourth-order valence-electron chi connectivity index (χ4n) is 1.12. The number of amides is 1. The van der Waals surface area contributed by atoms with Gasteiger partial charge in [-0.25, -0.2) is 4.98 Å². The molecular weight excluding hydrogens is 202 g/mol. The Morgan fingerprint density at radius 3 is 3.06 bits per heavy atom. The highest BCUT2D eigenvalue weighted by molar-refractivity contribution is 5.72. The van der Waals surface area contributed by atoms with E-state index in [9.17, 15) is 4.79 Å². The molecule has 16 heavy (non-hydrogen) atoms. The average Bonchev–Trinajstić information content (AvgIpc) is 2.23. The van der Waals surface area contributed by atoms with Crippen molar-refractivity contribution in [2.24, 2.45) is 0 Å². The summed E-state index contributed by atoms with van der Waals surface area (Å²) < 4.78 is 0. The topological polar surface area (TPSA) is 68.0 Å². The van der Waals surface area contributed by atoms with Crippen molar-refractivity contribution in [1.82, 2.24) is 10.3 Å². The lowest BCUT2D eigenvalue weighted by molar-refractivity contribution is -0.118. The predicted molar refractivity (Wildman–Crippen MR) is 63.6 cm³/mol. The van der Waals surface area contributed by atoms with Crippen molar-refractivity contribution in [3.8, 4) is 11.8 Å². The number of nitrogens with two attached hydrogens (primary N) is 1. The molecule has 1 rings (SSSR count). The van der Waals surface area contributed by atoms with E-state index in [1.165, 1.54) is 6.92 Å². The Morgan fingerprint density at radius 1 is 1.62 bits per heavy atom. The number of nitrogens with one attached hydrogen (secondary N) is 1. The predicted octanol–water partition coefficient (Wildman–Crippen LogP) is 0.850. The lowest BCUT2D eigenvalue weighted by Crippen LogP contribution is -2.20. The summed E-state index contributed by atoms with van der Waals surface area (Å²) in [5.74, 6) is 5.76. The van der Waals surface area contributed by atoms with Gasteiger partial charge in [-0.15, -0.1) is 0 Å². The first kappa shape index (κ1) is 12.1. The molecule has 84 valence electrons. The minimum absolute atomic E-state index is 0.0463. The Balaban J connectivity index is 2.56. The number of anilines is 1. The number of hydrogen-bond acceptors (Lipinski definition) is 3. The summed E-state index contributed by atoms with van der Waals surface area (Å²) >= 11 is 0. The minimum Gasteiger partial charge on any atom is -0.396 e. The molecule has 1 amide bonds. The van der Waals surface area contributed by atoms with Gasteiger partial charge in [-0.1, -0.05) is 5.92 Å².